The predicted octanol–water partition coefficient (Wildman–Crippen LogP) is 3.68. The van der Waals surface area contributed by atoms with Gasteiger partial charge in [-0.25, -0.2) is 14.8 Å². The average Bonchev–Trinajstić information content (AvgIpc) is 3.28. The molecule has 8 nitrogen and oxygen atoms in total. The normalized spacial score (nSPS) is 22.1. The lowest BCUT2D eigenvalue weighted by Gasteiger charge is -2.34. The fourth-order valence-corrected chi connectivity index (χ4v) is 5.04. The number of aliphatic carboxylic acids is 1. The van der Waals surface area contributed by atoms with Gasteiger partial charge in [-0.05, 0) is 56.0 Å². The molecule has 0 aromatic heterocycles. The summed E-state index contributed by atoms with van der Waals surface area (Å²) in [5.41, 5.74) is 1.25. The minimum atomic E-state index is -1.14. The van der Waals surface area contributed by atoms with Gasteiger partial charge in [0.2, 0.25) is 0 Å². The van der Waals surface area contributed by atoms with Crippen LogP contribution in [0, 0.1) is 0 Å². The van der Waals surface area contributed by atoms with E-state index in [1.54, 1.807) is 11.9 Å². The Morgan fingerprint density at radius 2 is 1.73 bits per heavy atom. The first-order valence-electron chi connectivity index (χ1n) is 13.1. The molecule has 2 aromatic rings. The molecule has 194 valence electrons. The van der Waals surface area contributed by atoms with Crippen LogP contribution in [0.15, 0.2) is 82.9 Å². The van der Waals surface area contributed by atoms with Crippen molar-refractivity contribution < 1.29 is 14.6 Å². The third-order valence-electron chi connectivity index (χ3n) is 7.19. The van der Waals surface area contributed by atoms with E-state index < -0.39 is 11.5 Å². The highest BCUT2D eigenvalue weighted by Gasteiger charge is 2.42. The number of hydrogen-bond donors (Lipinski definition) is 2. The third-order valence-corrected chi connectivity index (χ3v) is 7.19. The largest absolute Gasteiger partial charge is 0.479 e. The maximum atomic E-state index is 11.5. The maximum absolute atomic E-state index is 11.5. The zero-order valence-electron chi connectivity index (χ0n) is 21.3. The van der Waals surface area contributed by atoms with E-state index in [0.29, 0.717) is 5.84 Å². The summed E-state index contributed by atoms with van der Waals surface area (Å²) in [5.74, 6) is 0.410. The monoisotopic (exact) mass is 501 g/mol. The number of hydrazone groups is 1. The Balaban J connectivity index is 1.05. The number of rotatable bonds is 9. The highest BCUT2D eigenvalue weighted by Crippen LogP contribution is 2.30. The Hall–Kier alpha value is -3.49. The van der Waals surface area contributed by atoms with Gasteiger partial charge in [-0.2, -0.15) is 5.10 Å². The number of aliphatic imine (C=N–C) groups is 1. The first-order valence-corrected chi connectivity index (χ1v) is 13.1. The Labute approximate surface area is 218 Å². The van der Waals surface area contributed by atoms with E-state index >= 15 is 0 Å². The molecule has 37 heavy (non-hydrogen) atoms. The van der Waals surface area contributed by atoms with Crippen LogP contribution in [0.5, 0.6) is 0 Å². The van der Waals surface area contributed by atoms with Crippen molar-refractivity contribution in [2.45, 2.75) is 43.9 Å². The van der Waals surface area contributed by atoms with Gasteiger partial charge in [-0.3, -0.25) is 0 Å². The molecule has 3 aliphatic heterocycles. The number of likely N-dealkylation sites (tertiary alicyclic amines) is 1. The Kier molecular flexibility index (Phi) is 7.67. The number of carbonyl (C=O) groups is 1. The molecule has 1 unspecified atom stereocenters. The summed E-state index contributed by atoms with van der Waals surface area (Å²) in [6.45, 7) is 5.76. The van der Waals surface area contributed by atoms with E-state index in [9.17, 15) is 9.90 Å². The van der Waals surface area contributed by atoms with Gasteiger partial charge in [0.25, 0.3) is 0 Å². The molecule has 1 saturated heterocycles. The van der Waals surface area contributed by atoms with Crippen LogP contribution in [0.3, 0.4) is 0 Å². The number of benzene rings is 2. The van der Waals surface area contributed by atoms with Gasteiger partial charge >= 0.3 is 5.97 Å². The average molecular weight is 502 g/mol. The zero-order chi connectivity index (χ0) is 25.7. The highest BCUT2D eigenvalue weighted by molar-refractivity contribution is 6.07. The van der Waals surface area contributed by atoms with Crippen LogP contribution in [0.25, 0.3) is 0 Å². The summed E-state index contributed by atoms with van der Waals surface area (Å²) in [4.78, 5) is 18.3. The zero-order valence-corrected chi connectivity index (χ0v) is 21.3. The minimum Gasteiger partial charge on any atom is -0.479 e. The lowest BCUT2D eigenvalue weighted by molar-refractivity contribution is -0.142. The number of ether oxygens (including phenoxy) is 1. The first kappa shape index (κ1) is 25.2. The molecular formula is C29H35N5O3. The number of hydrogen-bond acceptors (Lipinski definition) is 7. The Morgan fingerprint density at radius 1 is 1.08 bits per heavy atom. The molecule has 2 N–H and O–H groups in total. The van der Waals surface area contributed by atoms with E-state index in [0.717, 1.165) is 51.3 Å². The number of carboxylic acids is 1. The van der Waals surface area contributed by atoms with Crippen molar-refractivity contribution in [2.24, 2.45) is 10.1 Å². The third kappa shape index (κ3) is 6.09. The predicted molar refractivity (Wildman–Crippen MR) is 145 cm³/mol. The summed E-state index contributed by atoms with van der Waals surface area (Å²) < 4.78 is 6.67. The summed E-state index contributed by atoms with van der Waals surface area (Å²) in [7, 11) is 0. The maximum Gasteiger partial charge on any atom is 0.333 e. The second kappa shape index (κ2) is 11.3. The fourth-order valence-electron chi connectivity index (χ4n) is 5.04. The fraction of sp³-hybridized carbons (Fsp3) is 0.414. The van der Waals surface area contributed by atoms with Gasteiger partial charge in [-0.15, -0.1) is 0 Å². The summed E-state index contributed by atoms with van der Waals surface area (Å²) in [6, 6.07) is 21.0. The molecule has 1 fully saturated rings. The van der Waals surface area contributed by atoms with Gasteiger partial charge in [0.05, 0.1) is 12.6 Å². The van der Waals surface area contributed by atoms with Crippen LogP contribution in [0.1, 0.15) is 43.4 Å². The molecule has 0 radical (unpaired) electrons. The van der Waals surface area contributed by atoms with Crippen LogP contribution < -0.4 is 5.32 Å². The Morgan fingerprint density at radius 3 is 2.35 bits per heavy atom. The summed E-state index contributed by atoms with van der Waals surface area (Å²) >= 11 is 0. The number of nitrogens with zero attached hydrogens (tertiary/aromatic N) is 4. The molecule has 0 spiro atoms. The molecule has 0 amide bonds. The van der Waals surface area contributed by atoms with Crippen LogP contribution in [-0.2, 0) is 9.53 Å². The number of fused-ring (bicyclic) bond motifs is 1. The quantitative estimate of drug-likeness (QED) is 0.510. The summed E-state index contributed by atoms with van der Waals surface area (Å²) in [5, 5.41) is 19.0. The Bertz CT molecular complexity index is 1120. The molecule has 3 heterocycles. The highest BCUT2D eigenvalue weighted by atomic mass is 16.5. The molecule has 0 aliphatic carbocycles. The number of amidine groups is 2. The summed E-state index contributed by atoms with van der Waals surface area (Å²) in [6.07, 6.45) is 6.95. The first-order chi connectivity index (χ1) is 18.0. The number of nitrogens with one attached hydrogen (secondary N) is 1. The lowest BCUT2D eigenvalue weighted by Crippen LogP contribution is -2.40. The van der Waals surface area contributed by atoms with Crippen LogP contribution in [0.2, 0.25) is 0 Å². The van der Waals surface area contributed by atoms with Crippen molar-refractivity contribution in [1.29, 1.82) is 0 Å². The van der Waals surface area contributed by atoms with Crippen molar-refractivity contribution in [1.82, 2.24) is 15.2 Å². The number of carboxylic acid groups (broad SMARTS) is 1. The standard InChI is InChI=1S/C29H35N5O3/c1-29(28(35)36)21-34-26(31-29)14-13-25(32-34)30-17-8-18-33-19-15-24(16-20-33)37-27(22-9-4-2-5-10-22)23-11-6-3-7-12-23/h2-7,9-14,24,27H,8,15-21H2,1H3,(H,30,32)(H,35,36). The van der Waals surface area contributed by atoms with Gasteiger partial charge in [-0.1, -0.05) is 60.7 Å². The smallest absolute Gasteiger partial charge is 0.333 e. The van der Waals surface area contributed by atoms with Crippen molar-refractivity contribution in [3.8, 4) is 0 Å². The van der Waals surface area contributed by atoms with Crippen molar-refractivity contribution >= 4 is 17.6 Å². The topological polar surface area (TPSA) is 89.8 Å². The van der Waals surface area contributed by atoms with Crippen molar-refractivity contribution in [3.63, 3.8) is 0 Å². The molecule has 0 saturated carbocycles. The second-order valence-corrected chi connectivity index (χ2v) is 10.1. The van der Waals surface area contributed by atoms with E-state index in [1.807, 2.05) is 24.3 Å². The minimum absolute atomic E-state index is 0.0398. The van der Waals surface area contributed by atoms with E-state index in [4.69, 9.17) is 4.74 Å². The molecule has 5 rings (SSSR count). The molecule has 0 bridgehead atoms. The van der Waals surface area contributed by atoms with Crippen LogP contribution in [-0.4, -0.2) is 77.0 Å². The van der Waals surface area contributed by atoms with Gasteiger partial charge < -0.3 is 20.1 Å². The SMILES string of the molecule is CC1(C(=O)O)CN2N=C(NCCCN3CCC(OC(c4ccccc4)c4ccccc4)CC3)C=CC2=N1. The molecular weight excluding hydrogens is 466 g/mol. The van der Waals surface area contributed by atoms with E-state index in [2.05, 4.69) is 68.8 Å². The van der Waals surface area contributed by atoms with Gasteiger partial charge in [0.15, 0.2) is 5.54 Å². The lowest BCUT2D eigenvalue weighted by atomic mass is 10.00. The van der Waals surface area contributed by atoms with Crippen molar-refractivity contribution in [2.75, 3.05) is 32.7 Å². The molecule has 8 heteroatoms. The van der Waals surface area contributed by atoms with E-state index in [-0.39, 0.29) is 18.8 Å². The van der Waals surface area contributed by atoms with Crippen LogP contribution >= 0.6 is 0 Å². The van der Waals surface area contributed by atoms with Gasteiger partial charge in [0.1, 0.15) is 17.8 Å². The van der Waals surface area contributed by atoms with E-state index in [1.165, 1.54) is 11.1 Å². The molecule has 1 atom stereocenters. The molecule has 2 aromatic carbocycles. The van der Waals surface area contributed by atoms with Gasteiger partial charge in [0, 0.05) is 19.6 Å². The second-order valence-electron chi connectivity index (χ2n) is 10.1. The number of piperidine rings is 1. The van der Waals surface area contributed by atoms with Crippen molar-refractivity contribution in [3.05, 3.63) is 83.9 Å². The molecule has 3 aliphatic rings. The van der Waals surface area contributed by atoms with Crippen LogP contribution in [0.4, 0.5) is 0 Å².